The summed E-state index contributed by atoms with van der Waals surface area (Å²) in [5.41, 5.74) is 1.70. The first-order chi connectivity index (χ1) is 8.19. The van der Waals surface area contributed by atoms with Crippen LogP contribution in [0.4, 0.5) is 5.69 Å². The number of hydrogen-bond acceptors (Lipinski definition) is 3. The topological polar surface area (TPSA) is 35.8 Å². The zero-order valence-electron chi connectivity index (χ0n) is 8.71. The van der Waals surface area contributed by atoms with Crippen molar-refractivity contribution in [1.82, 2.24) is 0 Å². The molecule has 1 aromatic carbocycles. The summed E-state index contributed by atoms with van der Waals surface area (Å²) in [7, 11) is 0. The summed E-state index contributed by atoms with van der Waals surface area (Å²) in [5.74, 6) is 0. The van der Waals surface area contributed by atoms with Crippen LogP contribution in [0.15, 0.2) is 38.6 Å². The summed E-state index contributed by atoms with van der Waals surface area (Å²) < 4.78 is 2.19. The van der Waals surface area contributed by atoms with Gasteiger partial charge in [-0.15, -0.1) is 11.3 Å². The van der Waals surface area contributed by atoms with Crippen LogP contribution in [-0.4, -0.2) is 0 Å². The molecule has 17 heavy (non-hydrogen) atoms. The smallest absolute Gasteiger partial charge is 0.0991 e. The van der Waals surface area contributed by atoms with E-state index in [2.05, 4.69) is 49.3 Å². The lowest BCUT2D eigenvalue weighted by Gasteiger charge is -2.04. The Kier molecular flexibility index (Phi) is 4.21. The Balaban J connectivity index is 2.00. The number of benzene rings is 1. The first-order valence-electron chi connectivity index (χ1n) is 4.87. The minimum atomic E-state index is 0.678. The van der Waals surface area contributed by atoms with Gasteiger partial charge in [0.05, 0.1) is 15.4 Å². The van der Waals surface area contributed by atoms with Crippen molar-refractivity contribution in [3.8, 4) is 6.07 Å². The lowest BCUT2D eigenvalue weighted by atomic mass is 10.2. The quantitative estimate of drug-likeness (QED) is 0.844. The van der Waals surface area contributed by atoms with Crippen LogP contribution in [0, 0.1) is 11.3 Å². The molecule has 0 atom stereocenters. The number of halogens is 2. The van der Waals surface area contributed by atoms with E-state index in [0.29, 0.717) is 5.56 Å². The first-order valence-corrected chi connectivity index (χ1v) is 7.27. The van der Waals surface area contributed by atoms with Gasteiger partial charge in [0.25, 0.3) is 0 Å². The maximum Gasteiger partial charge on any atom is 0.0991 e. The molecule has 0 aliphatic heterocycles. The van der Waals surface area contributed by atoms with Crippen LogP contribution >= 0.6 is 43.2 Å². The van der Waals surface area contributed by atoms with Crippen LogP contribution in [0.2, 0.25) is 0 Å². The van der Waals surface area contributed by atoms with Crippen LogP contribution in [0.1, 0.15) is 10.4 Å². The molecule has 0 aliphatic rings. The second-order valence-electron chi connectivity index (χ2n) is 3.38. The standard InChI is InChI=1S/C12H8Br2N2S/c13-11-5-10(17-12(11)14)7-16-9-3-1-8(6-15)2-4-9/h1-5,16H,7H2. The normalized spacial score (nSPS) is 9.94. The number of thiophene rings is 1. The third-order valence-corrected chi connectivity index (χ3v) is 5.43. The minimum absolute atomic E-state index is 0.678. The Labute approximate surface area is 121 Å². The van der Waals surface area contributed by atoms with Gasteiger partial charge in [0.15, 0.2) is 0 Å². The maximum absolute atomic E-state index is 8.69. The van der Waals surface area contributed by atoms with Crippen molar-refractivity contribution in [1.29, 1.82) is 5.26 Å². The monoisotopic (exact) mass is 370 g/mol. The summed E-state index contributed by atoms with van der Waals surface area (Å²) in [4.78, 5) is 1.24. The average molecular weight is 372 g/mol. The third-order valence-electron chi connectivity index (χ3n) is 2.18. The number of nitrogens with one attached hydrogen (secondary N) is 1. The van der Waals surface area contributed by atoms with E-state index in [-0.39, 0.29) is 0 Å². The van der Waals surface area contributed by atoms with Crippen LogP contribution in [0.3, 0.4) is 0 Å². The average Bonchev–Trinajstić information content (AvgIpc) is 2.67. The Morgan fingerprint density at radius 2 is 1.94 bits per heavy atom. The van der Waals surface area contributed by atoms with Gasteiger partial charge in [0.2, 0.25) is 0 Å². The van der Waals surface area contributed by atoms with E-state index in [9.17, 15) is 0 Å². The lowest BCUT2D eigenvalue weighted by Crippen LogP contribution is -1.96. The van der Waals surface area contributed by atoms with Crippen molar-refractivity contribution in [2.24, 2.45) is 0 Å². The predicted octanol–water partition coefficient (Wildman–Crippen LogP) is 4.76. The SMILES string of the molecule is N#Cc1ccc(NCc2cc(Br)c(Br)s2)cc1. The summed E-state index contributed by atoms with van der Waals surface area (Å²) in [6, 6.07) is 11.6. The maximum atomic E-state index is 8.69. The molecule has 86 valence electrons. The van der Waals surface area contributed by atoms with E-state index in [0.717, 1.165) is 20.5 Å². The highest BCUT2D eigenvalue weighted by atomic mass is 79.9. The van der Waals surface area contributed by atoms with Gasteiger partial charge in [-0.25, -0.2) is 0 Å². The molecule has 0 radical (unpaired) electrons. The zero-order valence-corrected chi connectivity index (χ0v) is 12.7. The van der Waals surface area contributed by atoms with Gasteiger partial charge in [0.1, 0.15) is 0 Å². The van der Waals surface area contributed by atoms with Crippen molar-refractivity contribution in [2.75, 3.05) is 5.32 Å². The Morgan fingerprint density at radius 3 is 2.47 bits per heavy atom. The largest absolute Gasteiger partial charge is 0.380 e. The van der Waals surface area contributed by atoms with Crippen LogP contribution < -0.4 is 5.32 Å². The molecule has 2 aromatic rings. The molecule has 0 bridgehead atoms. The second kappa shape index (κ2) is 5.67. The van der Waals surface area contributed by atoms with E-state index >= 15 is 0 Å². The molecule has 0 saturated carbocycles. The number of anilines is 1. The number of nitriles is 1. The number of rotatable bonds is 3. The van der Waals surface area contributed by atoms with Gasteiger partial charge in [-0.2, -0.15) is 5.26 Å². The molecule has 1 heterocycles. The molecule has 2 rings (SSSR count). The van der Waals surface area contributed by atoms with Crippen molar-refractivity contribution >= 4 is 48.9 Å². The molecule has 5 heteroatoms. The molecule has 1 N–H and O–H groups in total. The van der Waals surface area contributed by atoms with E-state index < -0.39 is 0 Å². The highest BCUT2D eigenvalue weighted by Gasteiger charge is 2.03. The van der Waals surface area contributed by atoms with Crippen molar-refractivity contribution in [2.45, 2.75) is 6.54 Å². The molecule has 0 aliphatic carbocycles. The van der Waals surface area contributed by atoms with E-state index in [1.807, 2.05) is 24.3 Å². The summed E-state index contributed by atoms with van der Waals surface area (Å²) in [6.45, 7) is 0.779. The molecular weight excluding hydrogens is 364 g/mol. The van der Waals surface area contributed by atoms with E-state index in [1.54, 1.807) is 11.3 Å². The Hall–Kier alpha value is -0.830. The highest BCUT2D eigenvalue weighted by molar-refractivity contribution is 9.13. The van der Waals surface area contributed by atoms with Gasteiger partial charge in [0, 0.05) is 21.6 Å². The Bertz CT molecular complexity index is 535. The summed E-state index contributed by atoms with van der Waals surface area (Å²) >= 11 is 8.63. The van der Waals surface area contributed by atoms with Gasteiger partial charge in [-0.3, -0.25) is 0 Å². The number of nitrogens with zero attached hydrogens (tertiary/aromatic N) is 1. The van der Waals surface area contributed by atoms with Gasteiger partial charge in [-0.1, -0.05) is 0 Å². The fourth-order valence-corrected chi connectivity index (χ4v) is 3.45. The molecule has 0 fully saturated rings. The molecule has 2 nitrogen and oxygen atoms in total. The van der Waals surface area contributed by atoms with E-state index in [1.165, 1.54) is 4.88 Å². The minimum Gasteiger partial charge on any atom is -0.380 e. The fourth-order valence-electron chi connectivity index (χ4n) is 1.33. The van der Waals surface area contributed by atoms with Crippen LogP contribution in [-0.2, 0) is 6.54 Å². The van der Waals surface area contributed by atoms with Crippen LogP contribution in [0.25, 0.3) is 0 Å². The molecule has 0 spiro atoms. The second-order valence-corrected chi connectivity index (χ2v) is 6.69. The molecular formula is C12H8Br2N2S. The van der Waals surface area contributed by atoms with E-state index in [4.69, 9.17) is 5.26 Å². The Morgan fingerprint density at radius 1 is 1.24 bits per heavy atom. The zero-order chi connectivity index (χ0) is 12.3. The van der Waals surface area contributed by atoms with Crippen molar-refractivity contribution in [3.63, 3.8) is 0 Å². The predicted molar refractivity (Wildman–Crippen MR) is 78.2 cm³/mol. The van der Waals surface area contributed by atoms with Crippen molar-refractivity contribution < 1.29 is 0 Å². The first kappa shape index (κ1) is 12.6. The fraction of sp³-hybridized carbons (Fsp3) is 0.0833. The van der Waals surface area contributed by atoms with Gasteiger partial charge in [-0.05, 0) is 62.2 Å². The molecule has 0 amide bonds. The summed E-state index contributed by atoms with van der Waals surface area (Å²) in [6.07, 6.45) is 0. The number of hydrogen-bond donors (Lipinski definition) is 1. The summed E-state index contributed by atoms with van der Waals surface area (Å²) in [5, 5.41) is 12.0. The molecule has 0 unspecified atom stereocenters. The van der Waals surface area contributed by atoms with Gasteiger partial charge < -0.3 is 5.32 Å². The highest BCUT2D eigenvalue weighted by Crippen LogP contribution is 2.32. The molecule has 1 aromatic heterocycles. The lowest BCUT2D eigenvalue weighted by molar-refractivity contribution is 1.19. The van der Waals surface area contributed by atoms with Crippen LogP contribution in [0.5, 0.6) is 0 Å². The molecule has 0 saturated heterocycles. The van der Waals surface area contributed by atoms with Gasteiger partial charge >= 0.3 is 0 Å². The third kappa shape index (κ3) is 3.32. The van der Waals surface area contributed by atoms with Crippen molar-refractivity contribution in [3.05, 3.63) is 49.0 Å².